The molecule has 9 heteroatoms. The van der Waals surface area contributed by atoms with E-state index >= 15 is 0 Å². The number of hydrogen-bond acceptors (Lipinski definition) is 4. The molecular formula is C11H8Br2N2O3S2. The summed E-state index contributed by atoms with van der Waals surface area (Å²) in [4.78, 5) is 12.0. The molecular weight excluding hydrogens is 432 g/mol. The van der Waals surface area contributed by atoms with Crippen LogP contribution in [0.2, 0.25) is 0 Å². The number of para-hydroxylation sites is 1. The van der Waals surface area contributed by atoms with Crippen LogP contribution in [0.5, 0.6) is 0 Å². The molecule has 3 N–H and O–H groups in total. The Balaban J connectivity index is 2.36. The molecule has 0 spiro atoms. The highest BCUT2D eigenvalue weighted by Gasteiger charge is 2.18. The molecule has 0 unspecified atom stereocenters. The summed E-state index contributed by atoms with van der Waals surface area (Å²) in [6.45, 7) is 0. The summed E-state index contributed by atoms with van der Waals surface area (Å²) in [6, 6.07) is 7.61. The van der Waals surface area contributed by atoms with E-state index in [1.54, 1.807) is 12.1 Å². The van der Waals surface area contributed by atoms with Gasteiger partial charge in [0.25, 0.3) is 5.91 Å². The minimum atomic E-state index is -3.90. The van der Waals surface area contributed by atoms with Crippen LogP contribution in [-0.4, -0.2) is 14.3 Å². The van der Waals surface area contributed by atoms with Gasteiger partial charge in [0.2, 0.25) is 10.0 Å². The maximum atomic E-state index is 12.1. The number of carbonyl (C=O) groups excluding carboxylic acids is 1. The second-order valence-corrected chi connectivity index (χ2v) is 9.01. The van der Waals surface area contributed by atoms with E-state index in [-0.39, 0.29) is 10.6 Å². The summed E-state index contributed by atoms with van der Waals surface area (Å²) in [5.74, 6) is -0.421. The van der Waals surface area contributed by atoms with Crippen LogP contribution in [0.15, 0.2) is 42.8 Å². The van der Waals surface area contributed by atoms with Crippen LogP contribution in [0.25, 0.3) is 0 Å². The van der Waals surface area contributed by atoms with Crippen LogP contribution < -0.4 is 10.5 Å². The average molecular weight is 440 g/mol. The minimum absolute atomic E-state index is 0.126. The van der Waals surface area contributed by atoms with Crippen LogP contribution >= 0.6 is 43.2 Å². The molecule has 2 aromatic rings. The fourth-order valence-corrected chi connectivity index (χ4v) is 4.99. The van der Waals surface area contributed by atoms with Gasteiger partial charge in [-0.25, -0.2) is 13.6 Å². The molecule has 5 nitrogen and oxygen atoms in total. The van der Waals surface area contributed by atoms with Crippen molar-refractivity contribution in [3.8, 4) is 0 Å². The summed E-state index contributed by atoms with van der Waals surface area (Å²) in [7, 11) is -3.90. The quantitative estimate of drug-likeness (QED) is 0.769. The van der Waals surface area contributed by atoms with E-state index in [1.165, 1.54) is 29.5 Å². The molecule has 0 saturated carbocycles. The maximum absolute atomic E-state index is 12.1. The molecule has 0 aliphatic carbocycles. The van der Waals surface area contributed by atoms with Crippen LogP contribution in [0.4, 0.5) is 5.69 Å². The first-order chi connectivity index (χ1) is 9.29. The van der Waals surface area contributed by atoms with Gasteiger partial charge in [0.05, 0.1) is 18.8 Å². The third-order valence-corrected chi connectivity index (χ3v) is 5.65. The van der Waals surface area contributed by atoms with Crippen molar-refractivity contribution in [2.24, 2.45) is 5.14 Å². The lowest BCUT2D eigenvalue weighted by molar-refractivity contribution is 0.102. The Labute approximate surface area is 136 Å². The number of anilines is 1. The van der Waals surface area contributed by atoms with Crippen molar-refractivity contribution in [2.75, 3.05) is 5.32 Å². The number of hydrogen-bond donors (Lipinski definition) is 2. The van der Waals surface area contributed by atoms with Gasteiger partial charge in [-0.3, -0.25) is 4.79 Å². The highest BCUT2D eigenvalue weighted by atomic mass is 79.9. The molecule has 0 saturated heterocycles. The summed E-state index contributed by atoms with van der Waals surface area (Å²) in [5.41, 5.74) is 0.556. The number of thiophene rings is 1. The number of nitrogens with one attached hydrogen (secondary N) is 1. The van der Waals surface area contributed by atoms with Crippen LogP contribution in [0.1, 0.15) is 10.4 Å². The number of benzene rings is 1. The Bertz CT molecular complexity index is 772. The number of halogens is 2. The highest BCUT2D eigenvalue weighted by Crippen LogP contribution is 2.32. The number of rotatable bonds is 3. The van der Waals surface area contributed by atoms with Gasteiger partial charge in [-0.2, -0.15) is 0 Å². The zero-order valence-corrected chi connectivity index (χ0v) is 14.6. The summed E-state index contributed by atoms with van der Waals surface area (Å²) in [6.07, 6.45) is 0. The summed E-state index contributed by atoms with van der Waals surface area (Å²) in [5, 5.41) is 7.66. The first-order valence-corrected chi connectivity index (χ1v) is 9.12. The third-order valence-electron chi connectivity index (χ3n) is 2.34. The van der Waals surface area contributed by atoms with E-state index in [4.69, 9.17) is 5.14 Å². The fourth-order valence-electron chi connectivity index (χ4n) is 1.50. The lowest BCUT2D eigenvalue weighted by Crippen LogP contribution is -2.18. The average Bonchev–Trinajstić information content (AvgIpc) is 2.68. The molecule has 106 valence electrons. The van der Waals surface area contributed by atoms with Crippen molar-refractivity contribution in [1.82, 2.24) is 0 Å². The normalized spacial score (nSPS) is 11.3. The molecule has 0 bridgehead atoms. The lowest BCUT2D eigenvalue weighted by Gasteiger charge is -2.08. The van der Waals surface area contributed by atoms with Crippen molar-refractivity contribution >= 4 is 64.8 Å². The molecule has 0 atom stereocenters. The second-order valence-electron chi connectivity index (χ2n) is 3.73. The second kappa shape index (κ2) is 5.94. The number of primary sulfonamides is 1. The molecule has 1 aromatic carbocycles. The smallest absolute Gasteiger partial charge is 0.257 e. The van der Waals surface area contributed by atoms with Gasteiger partial charge in [-0.05, 0) is 50.1 Å². The third kappa shape index (κ3) is 3.47. The van der Waals surface area contributed by atoms with Crippen LogP contribution in [-0.2, 0) is 10.0 Å². The Kier molecular flexibility index (Phi) is 4.65. The van der Waals surface area contributed by atoms with Crippen LogP contribution in [0.3, 0.4) is 0 Å². The fraction of sp³-hybridized carbons (Fsp3) is 0. The van der Waals surface area contributed by atoms with E-state index in [1.807, 2.05) is 0 Å². The van der Waals surface area contributed by atoms with E-state index in [2.05, 4.69) is 37.2 Å². The van der Waals surface area contributed by atoms with Crippen LogP contribution in [0, 0.1) is 0 Å². The van der Waals surface area contributed by atoms with E-state index in [0.29, 0.717) is 9.35 Å². The van der Waals surface area contributed by atoms with Crippen molar-refractivity contribution in [2.45, 2.75) is 4.90 Å². The molecule has 1 heterocycles. The zero-order chi connectivity index (χ0) is 14.9. The van der Waals surface area contributed by atoms with Gasteiger partial charge in [0.15, 0.2) is 0 Å². The number of sulfonamides is 1. The van der Waals surface area contributed by atoms with Crippen molar-refractivity contribution in [3.05, 3.63) is 43.5 Å². The van der Waals surface area contributed by atoms with Crippen molar-refractivity contribution < 1.29 is 13.2 Å². The molecule has 0 fully saturated rings. The first-order valence-electron chi connectivity index (χ1n) is 5.17. The molecule has 0 radical (unpaired) electrons. The SMILES string of the molecule is NS(=O)(=O)c1ccccc1NC(=O)c1cc(Br)sc1Br. The Morgan fingerprint density at radius 2 is 1.90 bits per heavy atom. The van der Waals surface area contributed by atoms with Gasteiger partial charge in [-0.1, -0.05) is 12.1 Å². The first kappa shape index (κ1) is 15.6. The van der Waals surface area contributed by atoms with Gasteiger partial charge >= 0.3 is 0 Å². The van der Waals surface area contributed by atoms with Gasteiger partial charge in [-0.15, -0.1) is 11.3 Å². The number of carbonyl (C=O) groups is 1. The predicted octanol–water partition coefficient (Wildman–Crippen LogP) is 3.17. The van der Waals surface area contributed by atoms with Gasteiger partial charge < -0.3 is 5.32 Å². The monoisotopic (exact) mass is 438 g/mol. The molecule has 0 aliphatic heterocycles. The number of nitrogens with two attached hydrogens (primary N) is 1. The standard InChI is InChI=1S/C11H8Br2N2O3S2/c12-9-5-6(10(13)19-9)11(16)15-7-3-1-2-4-8(7)20(14,17)18/h1-5H,(H,15,16)(H2,14,17,18). The van der Waals surface area contributed by atoms with Gasteiger partial charge in [0, 0.05) is 0 Å². The number of amides is 1. The molecule has 2 rings (SSSR count). The maximum Gasteiger partial charge on any atom is 0.257 e. The Morgan fingerprint density at radius 3 is 2.45 bits per heavy atom. The Morgan fingerprint density at radius 1 is 1.25 bits per heavy atom. The molecule has 1 aromatic heterocycles. The predicted molar refractivity (Wildman–Crippen MR) is 85.5 cm³/mol. The summed E-state index contributed by atoms with van der Waals surface area (Å²) >= 11 is 7.90. The largest absolute Gasteiger partial charge is 0.321 e. The Hall–Kier alpha value is -0.740. The minimum Gasteiger partial charge on any atom is -0.321 e. The summed E-state index contributed by atoms with van der Waals surface area (Å²) < 4.78 is 24.3. The van der Waals surface area contributed by atoms with Gasteiger partial charge in [0.1, 0.15) is 4.90 Å². The van der Waals surface area contributed by atoms with Crippen molar-refractivity contribution in [1.29, 1.82) is 0 Å². The topological polar surface area (TPSA) is 89.3 Å². The van der Waals surface area contributed by atoms with Crippen molar-refractivity contribution in [3.63, 3.8) is 0 Å². The molecule has 1 amide bonds. The van der Waals surface area contributed by atoms with E-state index < -0.39 is 15.9 Å². The van der Waals surface area contributed by atoms with E-state index in [9.17, 15) is 13.2 Å². The lowest BCUT2D eigenvalue weighted by atomic mass is 10.3. The highest BCUT2D eigenvalue weighted by molar-refractivity contribution is 9.12. The van der Waals surface area contributed by atoms with E-state index in [0.717, 1.165) is 3.79 Å². The molecule has 0 aliphatic rings. The zero-order valence-electron chi connectivity index (χ0n) is 9.76. The molecule has 20 heavy (non-hydrogen) atoms.